The van der Waals surface area contributed by atoms with E-state index in [0.717, 1.165) is 31.5 Å². The van der Waals surface area contributed by atoms with Gasteiger partial charge in [0.25, 0.3) is 0 Å². The highest BCUT2D eigenvalue weighted by Gasteiger charge is 2.21. The minimum atomic E-state index is -0.876. The molecule has 1 unspecified atom stereocenters. The number of carbonyl (C=O) groups is 2. The zero-order valence-corrected chi connectivity index (χ0v) is 12.1. The number of amides is 1. The molecule has 0 radical (unpaired) electrons. The van der Waals surface area contributed by atoms with Crippen molar-refractivity contribution < 1.29 is 14.7 Å². The second-order valence-corrected chi connectivity index (χ2v) is 5.37. The topological polar surface area (TPSA) is 69.6 Å². The number of carboxylic acid groups (broad SMARTS) is 1. The van der Waals surface area contributed by atoms with Crippen LogP contribution < -0.4 is 5.32 Å². The van der Waals surface area contributed by atoms with Gasteiger partial charge in [0.15, 0.2) is 0 Å². The third-order valence-electron chi connectivity index (χ3n) is 3.83. The van der Waals surface area contributed by atoms with Crippen molar-refractivity contribution in [2.45, 2.75) is 25.2 Å². The van der Waals surface area contributed by atoms with Gasteiger partial charge < -0.3 is 15.3 Å². The number of carbonyl (C=O) groups excluding carboxylic acids is 1. The summed E-state index contributed by atoms with van der Waals surface area (Å²) >= 11 is 0. The fourth-order valence-corrected chi connectivity index (χ4v) is 2.61. The van der Waals surface area contributed by atoms with Gasteiger partial charge >= 0.3 is 5.97 Å². The van der Waals surface area contributed by atoms with Crippen molar-refractivity contribution in [2.24, 2.45) is 0 Å². The van der Waals surface area contributed by atoms with Crippen LogP contribution in [0.25, 0.3) is 0 Å². The van der Waals surface area contributed by atoms with Gasteiger partial charge in [-0.1, -0.05) is 30.3 Å². The van der Waals surface area contributed by atoms with E-state index in [1.54, 1.807) is 12.1 Å². The van der Waals surface area contributed by atoms with Crippen LogP contribution in [0.2, 0.25) is 0 Å². The largest absolute Gasteiger partial charge is 0.481 e. The van der Waals surface area contributed by atoms with Crippen LogP contribution >= 0.6 is 0 Å². The lowest BCUT2D eigenvalue weighted by Crippen LogP contribution is -2.42. The number of nitrogens with zero attached hydrogens (tertiary/aromatic N) is 1. The first kappa shape index (κ1) is 15.5. The van der Waals surface area contributed by atoms with Crippen molar-refractivity contribution in [1.29, 1.82) is 0 Å². The summed E-state index contributed by atoms with van der Waals surface area (Å²) in [5, 5.41) is 12.3. The van der Waals surface area contributed by atoms with Gasteiger partial charge in [0, 0.05) is 19.6 Å². The molecule has 0 spiro atoms. The molecule has 0 aromatic heterocycles. The molecule has 2 N–H and O–H groups in total. The van der Waals surface area contributed by atoms with E-state index in [1.807, 2.05) is 23.1 Å². The molecule has 1 saturated heterocycles. The van der Waals surface area contributed by atoms with Gasteiger partial charge in [-0.15, -0.1) is 0 Å². The Labute approximate surface area is 125 Å². The molecule has 1 fully saturated rings. The fraction of sp³-hybridized carbons (Fsp3) is 0.500. The molecule has 5 heteroatoms. The van der Waals surface area contributed by atoms with Crippen LogP contribution in [0.4, 0.5) is 0 Å². The molecule has 0 aliphatic carbocycles. The van der Waals surface area contributed by atoms with E-state index in [2.05, 4.69) is 5.32 Å². The molecule has 1 aromatic rings. The van der Waals surface area contributed by atoms with E-state index < -0.39 is 11.9 Å². The van der Waals surface area contributed by atoms with E-state index in [4.69, 9.17) is 0 Å². The van der Waals surface area contributed by atoms with Gasteiger partial charge in [-0.3, -0.25) is 9.59 Å². The summed E-state index contributed by atoms with van der Waals surface area (Å²) in [7, 11) is 0. The van der Waals surface area contributed by atoms with E-state index >= 15 is 0 Å². The first-order valence-electron chi connectivity index (χ1n) is 7.44. The maximum Gasteiger partial charge on any atom is 0.312 e. The fourth-order valence-electron chi connectivity index (χ4n) is 2.61. The van der Waals surface area contributed by atoms with Gasteiger partial charge in [0.05, 0.1) is 12.5 Å². The molecule has 0 saturated carbocycles. The van der Waals surface area contributed by atoms with Crippen LogP contribution in [0.15, 0.2) is 30.3 Å². The van der Waals surface area contributed by atoms with E-state index in [9.17, 15) is 14.7 Å². The number of likely N-dealkylation sites (tertiary alicyclic amines) is 1. The Kier molecular flexibility index (Phi) is 5.75. The Balaban J connectivity index is 1.82. The zero-order chi connectivity index (χ0) is 15.1. The summed E-state index contributed by atoms with van der Waals surface area (Å²) in [6, 6.07) is 9.10. The Morgan fingerprint density at radius 3 is 2.43 bits per heavy atom. The van der Waals surface area contributed by atoms with Crippen LogP contribution in [0.3, 0.4) is 0 Å². The molecular weight excluding hydrogens is 268 g/mol. The number of hydrogen-bond donors (Lipinski definition) is 2. The Morgan fingerprint density at radius 2 is 1.81 bits per heavy atom. The quantitative estimate of drug-likeness (QED) is 0.832. The van der Waals surface area contributed by atoms with Crippen molar-refractivity contribution in [3.05, 3.63) is 35.9 Å². The molecule has 1 heterocycles. The molecule has 0 bridgehead atoms. The van der Waals surface area contributed by atoms with E-state index in [-0.39, 0.29) is 19.0 Å². The predicted molar refractivity (Wildman–Crippen MR) is 80.1 cm³/mol. The molecule has 1 atom stereocenters. The number of benzene rings is 1. The molecule has 5 nitrogen and oxygen atoms in total. The molecule has 114 valence electrons. The third kappa shape index (κ3) is 4.56. The Morgan fingerprint density at radius 1 is 1.14 bits per heavy atom. The van der Waals surface area contributed by atoms with Gasteiger partial charge in [-0.05, 0) is 24.8 Å². The molecule has 1 aromatic carbocycles. The van der Waals surface area contributed by atoms with Crippen LogP contribution in [-0.2, 0) is 9.59 Å². The van der Waals surface area contributed by atoms with Crippen LogP contribution in [0.1, 0.15) is 30.7 Å². The molecule has 21 heavy (non-hydrogen) atoms. The standard InChI is InChI=1S/C16H22N2O3/c19-15(18-9-5-2-6-10-18)12-17-11-14(16(20)21)13-7-3-1-4-8-13/h1,3-4,7-8,14,17H,2,5-6,9-12H2,(H,20,21). The summed E-state index contributed by atoms with van der Waals surface area (Å²) in [5.74, 6) is -1.44. The van der Waals surface area contributed by atoms with E-state index in [0.29, 0.717) is 0 Å². The molecular formula is C16H22N2O3. The number of piperidine rings is 1. The second kappa shape index (κ2) is 7.78. The third-order valence-corrected chi connectivity index (χ3v) is 3.83. The highest BCUT2D eigenvalue weighted by molar-refractivity contribution is 5.79. The van der Waals surface area contributed by atoms with Gasteiger partial charge in [0.1, 0.15) is 0 Å². The van der Waals surface area contributed by atoms with Gasteiger partial charge in [-0.25, -0.2) is 0 Å². The van der Waals surface area contributed by atoms with Crippen molar-refractivity contribution in [2.75, 3.05) is 26.2 Å². The van der Waals surface area contributed by atoms with Gasteiger partial charge in [0.2, 0.25) is 5.91 Å². The highest BCUT2D eigenvalue weighted by Crippen LogP contribution is 2.14. The van der Waals surface area contributed by atoms with E-state index in [1.165, 1.54) is 6.42 Å². The average Bonchev–Trinajstić information content (AvgIpc) is 2.52. The number of nitrogens with one attached hydrogen (secondary N) is 1. The molecule has 1 amide bonds. The summed E-state index contributed by atoms with van der Waals surface area (Å²) in [6.45, 7) is 2.11. The maximum atomic E-state index is 12.0. The monoisotopic (exact) mass is 290 g/mol. The van der Waals surface area contributed by atoms with Crippen LogP contribution in [0, 0.1) is 0 Å². The summed E-state index contributed by atoms with van der Waals surface area (Å²) < 4.78 is 0. The molecule has 1 aliphatic heterocycles. The Hall–Kier alpha value is -1.88. The SMILES string of the molecule is O=C(O)C(CNCC(=O)N1CCCCC1)c1ccccc1. The van der Waals surface area contributed by atoms with Gasteiger partial charge in [-0.2, -0.15) is 0 Å². The zero-order valence-electron chi connectivity index (χ0n) is 12.1. The molecule has 1 aliphatic rings. The minimum Gasteiger partial charge on any atom is -0.481 e. The first-order chi connectivity index (χ1) is 10.2. The highest BCUT2D eigenvalue weighted by atomic mass is 16.4. The predicted octanol–water partition coefficient (Wildman–Crippen LogP) is 1.46. The van der Waals surface area contributed by atoms with Crippen LogP contribution in [0.5, 0.6) is 0 Å². The second-order valence-electron chi connectivity index (χ2n) is 5.37. The van der Waals surface area contributed by atoms with Crippen LogP contribution in [-0.4, -0.2) is 48.1 Å². The van der Waals surface area contributed by atoms with Crippen molar-refractivity contribution in [1.82, 2.24) is 10.2 Å². The normalized spacial score (nSPS) is 16.5. The summed E-state index contributed by atoms with van der Waals surface area (Å²) in [6.07, 6.45) is 3.31. The summed E-state index contributed by atoms with van der Waals surface area (Å²) in [4.78, 5) is 25.2. The molecule has 2 rings (SSSR count). The lowest BCUT2D eigenvalue weighted by atomic mass is 9.99. The minimum absolute atomic E-state index is 0.0619. The smallest absolute Gasteiger partial charge is 0.312 e. The first-order valence-corrected chi connectivity index (χ1v) is 7.44. The average molecular weight is 290 g/mol. The van der Waals surface area contributed by atoms with Crippen molar-refractivity contribution in [3.8, 4) is 0 Å². The van der Waals surface area contributed by atoms with Crippen molar-refractivity contribution in [3.63, 3.8) is 0 Å². The lowest BCUT2D eigenvalue weighted by Gasteiger charge is -2.27. The number of rotatable bonds is 6. The number of aliphatic carboxylic acids is 1. The number of carboxylic acids is 1. The van der Waals surface area contributed by atoms with Crippen molar-refractivity contribution >= 4 is 11.9 Å². The number of hydrogen-bond acceptors (Lipinski definition) is 3. The Bertz CT molecular complexity index is 470. The maximum absolute atomic E-state index is 12.0. The summed E-state index contributed by atoms with van der Waals surface area (Å²) in [5.41, 5.74) is 0.753. The lowest BCUT2D eigenvalue weighted by molar-refractivity contribution is -0.139.